The minimum Gasteiger partial charge on any atom is -0.481 e. The van der Waals surface area contributed by atoms with Crippen LogP contribution in [-0.4, -0.2) is 47.4 Å². The first-order valence-electron chi connectivity index (χ1n) is 6.72. The van der Waals surface area contributed by atoms with Crippen LogP contribution in [0.1, 0.15) is 30.8 Å². The molecule has 1 aromatic heterocycles. The highest BCUT2D eigenvalue weighted by Gasteiger charge is 2.22. The number of hydrogen-bond donors (Lipinski definition) is 2. The normalized spacial score (nSPS) is 11.7. The van der Waals surface area contributed by atoms with Gasteiger partial charge in [-0.1, -0.05) is 6.92 Å². The molecule has 2 amide bonds. The van der Waals surface area contributed by atoms with Gasteiger partial charge in [0, 0.05) is 26.6 Å². The molecule has 0 aromatic carbocycles. The highest BCUT2D eigenvalue weighted by Crippen LogP contribution is 2.09. The summed E-state index contributed by atoms with van der Waals surface area (Å²) in [7, 11) is 0. The van der Waals surface area contributed by atoms with E-state index in [1.165, 1.54) is 24.2 Å². The van der Waals surface area contributed by atoms with E-state index in [-0.39, 0.29) is 24.1 Å². The minimum absolute atomic E-state index is 0.0922. The number of carbonyl (C=O) groups is 3. The Bertz CT molecular complexity index is 484. The SMILES string of the molecule is CC(=O)NCCCN(CC(C)C(=O)O)C(=O)c1ccco1. The maximum Gasteiger partial charge on any atom is 0.308 e. The molecule has 7 nitrogen and oxygen atoms in total. The molecule has 2 N–H and O–H groups in total. The number of nitrogens with one attached hydrogen (secondary N) is 1. The highest BCUT2D eigenvalue weighted by molar-refractivity contribution is 5.91. The number of carboxylic acids is 1. The lowest BCUT2D eigenvalue weighted by atomic mass is 10.1. The third-order valence-corrected chi connectivity index (χ3v) is 2.91. The molecule has 1 atom stereocenters. The molecule has 1 aromatic rings. The molecular weight excluding hydrogens is 276 g/mol. The smallest absolute Gasteiger partial charge is 0.308 e. The molecule has 7 heteroatoms. The number of nitrogens with zero attached hydrogens (tertiary/aromatic N) is 1. The minimum atomic E-state index is -0.964. The summed E-state index contributed by atoms with van der Waals surface area (Å²) in [5, 5.41) is 11.6. The predicted octanol–water partition coefficient (Wildman–Crippen LogP) is 0.969. The second-order valence-corrected chi connectivity index (χ2v) is 4.80. The van der Waals surface area contributed by atoms with E-state index in [0.29, 0.717) is 19.5 Å². The van der Waals surface area contributed by atoms with Crippen LogP contribution in [0.3, 0.4) is 0 Å². The molecule has 0 radical (unpaired) electrons. The summed E-state index contributed by atoms with van der Waals surface area (Å²) in [6.45, 7) is 3.82. The zero-order valence-corrected chi connectivity index (χ0v) is 12.2. The first-order chi connectivity index (χ1) is 9.91. The van der Waals surface area contributed by atoms with E-state index in [1.54, 1.807) is 13.0 Å². The highest BCUT2D eigenvalue weighted by atomic mass is 16.4. The molecule has 0 spiro atoms. The summed E-state index contributed by atoms with van der Waals surface area (Å²) >= 11 is 0. The number of amides is 2. The summed E-state index contributed by atoms with van der Waals surface area (Å²) < 4.78 is 5.05. The Kier molecular flexibility index (Phi) is 6.45. The summed E-state index contributed by atoms with van der Waals surface area (Å²) in [6, 6.07) is 3.14. The summed E-state index contributed by atoms with van der Waals surface area (Å²) in [5.41, 5.74) is 0. The molecule has 0 aliphatic heterocycles. The quantitative estimate of drug-likeness (QED) is 0.696. The Labute approximate surface area is 122 Å². The van der Waals surface area contributed by atoms with Crippen LogP contribution < -0.4 is 5.32 Å². The maximum atomic E-state index is 12.2. The van der Waals surface area contributed by atoms with Gasteiger partial charge in [-0.25, -0.2) is 0 Å². The Morgan fingerprint density at radius 2 is 2.14 bits per heavy atom. The molecule has 0 aliphatic carbocycles. The number of hydrogen-bond acceptors (Lipinski definition) is 4. The second kappa shape index (κ2) is 8.08. The molecule has 21 heavy (non-hydrogen) atoms. The molecule has 1 heterocycles. The first-order valence-corrected chi connectivity index (χ1v) is 6.72. The predicted molar refractivity (Wildman–Crippen MR) is 74.7 cm³/mol. The number of carboxylic acid groups (broad SMARTS) is 1. The fourth-order valence-corrected chi connectivity index (χ4v) is 1.77. The molecular formula is C14H20N2O5. The number of rotatable bonds is 8. The molecule has 0 bridgehead atoms. The molecule has 1 unspecified atom stereocenters. The average Bonchev–Trinajstić information content (AvgIpc) is 2.94. The lowest BCUT2D eigenvalue weighted by molar-refractivity contribution is -0.141. The third kappa shape index (κ3) is 5.68. The Hall–Kier alpha value is -2.31. The van der Waals surface area contributed by atoms with Crippen molar-refractivity contribution in [3.8, 4) is 0 Å². The largest absolute Gasteiger partial charge is 0.481 e. The van der Waals surface area contributed by atoms with E-state index in [9.17, 15) is 14.4 Å². The van der Waals surface area contributed by atoms with E-state index in [0.717, 1.165) is 0 Å². The Morgan fingerprint density at radius 1 is 1.43 bits per heavy atom. The molecule has 1 rings (SSSR count). The standard InChI is InChI=1S/C14H20N2O5/c1-10(14(19)20)9-16(7-4-6-15-11(2)17)13(18)12-5-3-8-21-12/h3,5,8,10H,4,6-7,9H2,1-2H3,(H,15,17)(H,19,20). The number of carbonyl (C=O) groups excluding carboxylic acids is 2. The zero-order chi connectivity index (χ0) is 15.8. The van der Waals surface area contributed by atoms with Crippen molar-refractivity contribution in [3.05, 3.63) is 24.2 Å². The van der Waals surface area contributed by atoms with Crippen LogP contribution in [0.2, 0.25) is 0 Å². The van der Waals surface area contributed by atoms with Crippen LogP contribution in [0, 0.1) is 5.92 Å². The molecule has 0 fully saturated rings. The average molecular weight is 296 g/mol. The van der Waals surface area contributed by atoms with Gasteiger partial charge in [-0.2, -0.15) is 0 Å². The summed E-state index contributed by atoms with van der Waals surface area (Å²) in [4.78, 5) is 35.4. The zero-order valence-electron chi connectivity index (χ0n) is 12.2. The van der Waals surface area contributed by atoms with E-state index < -0.39 is 11.9 Å². The lowest BCUT2D eigenvalue weighted by Crippen LogP contribution is -2.38. The van der Waals surface area contributed by atoms with Gasteiger partial charge in [0.05, 0.1) is 12.2 Å². The van der Waals surface area contributed by atoms with Crippen molar-refractivity contribution in [2.24, 2.45) is 5.92 Å². The van der Waals surface area contributed by atoms with Crippen molar-refractivity contribution in [1.82, 2.24) is 10.2 Å². The van der Waals surface area contributed by atoms with Gasteiger partial charge in [-0.05, 0) is 18.6 Å². The van der Waals surface area contributed by atoms with Gasteiger partial charge < -0.3 is 19.7 Å². The fourth-order valence-electron chi connectivity index (χ4n) is 1.77. The molecule has 0 saturated carbocycles. The van der Waals surface area contributed by atoms with Gasteiger partial charge in [0.2, 0.25) is 5.91 Å². The van der Waals surface area contributed by atoms with E-state index in [2.05, 4.69) is 5.32 Å². The molecule has 0 aliphatic rings. The van der Waals surface area contributed by atoms with Gasteiger partial charge in [0.1, 0.15) is 0 Å². The van der Waals surface area contributed by atoms with Crippen LogP contribution in [0.5, 0.6) is 0 Å². The topological polar surface area (TPSA) is 99.9 Å². The number of aliphatic carboxylic acids is 1. The Balaban J connectivity index is 2.63. The van der Waals surface area contributed by atoms with Gasteiger partial charge in [-0.3, -0.25) is 14.4 Å². The first kappa shape index (κ1) is 16.7. The van der Waals surface area contributed by atoms with E-state index >= 15 is 0 Å². The van der Waals surface area contributed by atoms with Crippen LogP contribution in [-0.2, 0) is 9.59 Å². The van der Waals surface area contributed by atoms with Gasteiger partial charge in [-0.15, -0.1) is 0 Å². The van der Waals surface area contributed by atoms with Crippen molar-refractivity contribution in [2.75, 3.05) is 19.6 Å². The van der Waals surface area contributed by atoms with Crippen LogP contribution in [0.4, 0.5) is 0 Å². The van der Waals surface area contributed by atoms with Crippen LogP contribution >= 0.6 is 0 Å². The van der Waals surface area contributed by atoms with Gasteiger partial charge in [0.25, 0.3) is 5.91 Å². The number of furan rings is 1. The van der Waals surface area contributed by atoms with Crippen molar-refractivity contribution in [1.29, 1.82) is 0 Å². The third-order valence-electron chi connectivity index (χ3n) is 2.91. The van der Waals surface area contributed by atoms with Crippen molar-refractivity contribution in [2.45, 2.75) is 20.3 Å². The molecule has 116 valence electrons. The molecule has 0 saturated heterocycles. The monoisotopic (exact) mass is 296 g/mol. The van der Waals surface area contributed by atoms with E-state index in [4.69, 9.17) is 9.52 Å². The van der Waals surface area contributed by atoms with Crippen molar-refractivity contribution in [3.63, 3.8) is 0 Å². The van der Waals surface area contributed by atoms with Crippen molar-refractivity contribution < 1.29 is 23.9 Å². The maximum absolute atomic E-state index is 12.2. The second-order valence-electron chi connectivity index (χ2n) is 4.80. The van der Waals surface area contributed by atoms with Crippen molar-refractivity contribution >= 4 is 17.8 Å². The van der Waals surface area contributed by atoms with Crippen LogP contribution in [0.15, 0.2) is 22.8 Å². The summed E-state index contributed by atoms with van der Waals surface area (Å²) in [5.74, 6) is -1.96. The van der Waals surface area contributed by atoms with Crippen LogP contribution in [0.25, 0.3) is 0 Å². The van der Waals surface area contributed by atoms with Gasteiger partial charge >= 0.3 is 5.97 Å². The van der Waals surface area contributed by atoms with E-state index in [1.807, 2.05) is 0 Å². The lowest BCUT2D eigenvalue weighted by Gasteiger charge is -2.23. The van der Waals surface area contributed by atoms with Gasteiger partial charge in [0.15, 0.2) is 5.76 Å². The summed E-state index contributed by atoms with van der Waals surface area (Å²) in [6.07, 6.45) is 1.93. The fraction of sp³-hybridized carbons (Fsp3) is 0.500. The Morgan fingerprint density at radius 3 is 2.67 bits per heavy atom.